The maximum atomic E-state index is 2.57. The third-order valence-electron chi connectivity index (χ3n) is 16.7. The molecule has 0 atom stereocenters. The van der Waals surface area contributed by atoms with E-state index in [0.29, 0.717) is 0 Å². The molecule has 0 unspecified atom stereocenters. The predicted octanol–water partition coefficient (Wildman–Crippen LogP) is 20.2. The fourth-order valence-corrected chi connectivity index (χ4v) is 13.2. The van der Waals surface area contributed by atoms with E-state index in [4.69, 9.17) is 0 Å². The van der Waals surface area contributed by atoms with E-state index >= 15 is 0 Å². The lowest BCUT2D eigenvalue weighted by Crippen LogP contribution is -2.19. The number of benzene rings is 11. The molecule has 1 aliphatic rings. The monoisotopic (exact) mass is 908 g/mol. The third-order valence-corrected chi connectivity index (χ3v) is 16.7. The van der Waals surface area contributed by atoms with E-state index in [2.05, 4.69) is 250 Å². The number of hydrogen-bond acceptors (Lipinski definition) is 0. The van der Waals surface area contributed by atoms with E-state index in [9.17, 15) is 0 Å². The lowest BCUT2D eigenvalue weighted by Gasteiger charge is -2.27. The first-order valence-corrected chi connectivity index (χ1v) is 25.6. The van der Waals surface area contributed by atoms with Crippen LogP contribution in [-0.4, -0.2) is 0 Å². The molecule has 71 heavy (non-hydrogen) atoms. The van der Waals surface area contributed by atoms with Gasteiger partial charge in [-0.25, -0.2) is 0 Å². The van der Waals surface area contributed by atoms with Crippen molar-refractivity contribution in [2.75, 3.05) is 0 Å². The first-order valence-electron chi connectivity index (χ1n) is 25.6. The van der Waals surface area contributed by atoms with Gasteiger partial charge >= 0.3 is 0 Å². The van der Waals surface area contributed by atoms with Crippen molar-refractivity contribution >= 4 is 75.4 Å². The minimum Gasteiger partial charge on any atom is -0.0622 e. The molecule has 0 radical (unpaired) electrons. The molecule has 0 nitrogen and oxygen atoms in total. The normalized spacial score (nSPS) is 13.7. The van der Waals surface area contributed by atoms with Gasteiger partial charge in [-0.05, 0) is 176 Å². The first-order chi connectivity index (χ1) is 34.3. The van der Waals surface area contributed by atoms with Crippen LogP contribution >= 0.6 is 0 Å². The standard InChI is InChI=1S/C71H56/c1-69(2,3)43-33-34-52-59(38-43)71(7,8)60-39-44(70(4,5)6)37-56(64(52)60)48-35-36-55-62-51(48)30-20-32-54(62)67-61(42-23-13-10-14-24-42)66-53-31-19-29-50-46-26-16-17-27-47(46)57(63(50)53)40-58(66)65(68(55)67)49-28-18-15-25-45(49)41-21-11-9-12-22-41/h9-40H,1-8H3. The van der Waals surface area contributed by atoms with Gasteiger partial charge in [-0.1, -0.05) is 237 Å². The van der Waals surface area contributed by atoms with Crippen molar-refractivity contribution in [2.24, 2.45) is 0 Å². The van der Waals surface area contributed by atoms with Crippen LogP contribution < -0.4 is 0 Å². The Kier molecular flexibility index (Phi) is 8.68. The highest BCUT2D eigenvalue weighted by Gasteiger charge is 2.40. The lowest BCUT2D eigenvalue weighted by atomic mass is 9.76. The van der Waals surface area contributed by atoms with Crippen molar-refractivity contribution in [2.45, 2.75) is 71.6 Å². The molecule has 0 bridgehead atoms. The summed E-state index contributed by atoms with van der Waals surface area (Å²) < 4.78 is 0. The molecule has 13 aromatic carbocycles. The van der Waals surface area contributed by atoms with Crippen LogP contribution in [0, 0.1) is 0 Å². The molecule has 13 aromatic rings. The molecular formula is C71H56. The summed E-state index contributed by atoms with van der Waals surface area (Å²) >= 11 is 0. The molecule has 0 heterocycles. The third kappa shape index (κ3) is 5.86. The Bertz CT molecular complexity index is 4340. The van der Waals surface area contributed by atoms with E-state index < -0.39 is 0 Å². The van der Waals surface area contributed by atoms with Gasteiger partial charge in [0, 0.05) is 5.41 Å². The molecule has 0 aliphatic heterocycles. The highest BCUT2D eigenvalue weighted by molar-refractivity contribution is 6.45. The maximum Gasteiger partial charge on any atom is 0.0159 e. The summed E-state index contributed by atoms with van der Waals surface area (Å²) in [4.78, 5) is 0. The number of fused-ring (bicyclic) bond motifs is 11. The summed E-state index contributed by atoms with van der Waals surface area (Å²) in [6.45, 7) is 19.0. The van der Waals surface area contributed by atoms with E-state index in [1.807, 2.05) is 0 Å². The van der Waals surface area contributed by atoms with Crippen molar-refractivity contribution in [3.8, 4) is 55.6 Å². The lowest BCUT2D eigenvalue weighted by molar-refractivity contribution is 0.580. The highest BCUT2D eigenvalue weighted by atomic mass is 14.4. The van der Waals surface area contributed by atoms with Gasteiger partial charge in [0.05, 0.1) is 0 Å². The van der Waals surface area contributed by atoms with Gasteiger partial charge < -0.3 is 0 Å². The fraction of sp³-hybridized carbons (Fsp3) is 0.155. The topological polar surface area (TPSA) is 0 Å². The summed E-state index contributed by atoms with van der Waals surface area (Å²) in [6, 6.07) is 74.6. The number of hydrogen-bond donors (Lipinski definition) is 0. The minimum absolute atomic E-state index is 0.0490. The summed E-state index contributed by atoms with van der Waals surface area (Å²) in [5, 5.41) is 18.4. The molecule has 340 valence electrons. The quantitative estimate of drug-likeness (QED) is 0.154. The molecule has 14 rings (SSSR count). The van der Waals surface area contributed by atoms with Crippen LogP contribution in [0.3, 0.4) is 0 Å². The summed E-state index contributed by atoms with van der Waals surface area (Å²) in [5.74, 6) is 0. The molecule has 0 spiro atoms. The SMILES string of the molecule is CC(C)(C)c1ccc2c(c1)C(C)(C)c1cc(C(C)(C)C)cc(-c3ccc4c5c(-c6ccccc6-c6ccccc6)c6cc7c8ccccc8c8cccc(c6c(-c6ccccc6)c5c5cccc3c45)c87)c1-2. The second kappa shape index (κ2) is 14.6. The number of rotatable bonds is 4. The molecule has 0 N–H and O–H groups in total. The summed E-state index contributed by atoms with van der Waals surface area (Å²) in [6.07, 6.45) is 0. The Morgan fingerprint density at radius 3 is 1.49 bits per heavy atom. The molecule has 0 saturated carbocycles. The van der Waals surface area contributed by atoms with Crippen LogP contribution in [0.5, 0.6) is 0 Å². The van der Waals surface area contributed by atoms with E-state index in [1.165, 1.54) is 153 Å². The van der Waals surface area contributed by atoms with Crippen molar-refractivity contribution in [1.29, 1.82) is 0 Å². The Balaban J connectivity index is 1.19. The molecule has 1 aliphatic carbocycles. The van der Waals surface area contributed by atoms with E-state index in [-0.39, 0.29) is 16.2 Å². The Morgan fingerprint density at radius 2 is 0.789 bits per heavy atom. The first kappa shape index (κ1) is 42.1. The van der Waals surface area contributed by atoms with Gasteiger partial charge in [0.25, 0.3) is 0 Å². The van der Waals surface area contributed by atoms with Crippen LogP contribution in [0.15, 0.2) is 194 Å². The van der Waals surface area contributed by atoms with Gasteiger partial charge in [-0.2, -0.15) is 0 Å². The van der Waals surface area contributed by atoms with Crippen LogP contribution in [-0.2, 0) is 16.2 Å². The zero-order chi connectivity index (χ0) is 48.3. The van der Waals surface area contributed by atoms with Gasteiger partial charge in [0.2, 0.25) is 0 Å². The Hall–Kier alpha value is -7.80. The minimum atomic E-state index is -0.163. The van der Waals surface area contributed by atoms with Crippen molar-refractivity contribution in [3.05, 3.63) is 216 Å². The van der Waals surface area contributed by atoms with Gasteiger partial charge in [0.1, 0.15) is 0 Å². The van der Waals surface area contributed by atoms with Crippen LogP contribution in [0.1, 0.15) is 77.6 Å². The zero-order valence-electron chi connectivity index (χ0n) is 42.0. The molecule has 0 amide bonds. The van der Waals surface area contributed by atoms with Crippen LogP contribution in [0.2, 0.25) is 0 Å². The largest absolute Gasteiger partial charge is 0.0622 e. The van der Waals surface area contributed by atoms with Gasteiger partial charge in [0.15, 0.2) is 0 Å². The predicted molar refractivity (Wildman–Crippen MR) is 308 cm³/mol. The van der Waals surface area contributed by atoms with Crippen molar-refractivity contribution in [1.82, 2.24) is 0 Å². The molecule has 0 fully saturated rings. The highest BCUT2D eigenvalue weighted by Crippen LogP contribution is 2.59. The summed E-state index contributed by atoms with van der Waals surface area (Å²) in [7, 11) is 0. The van der Waals surface area contributed by atoms with E-state index in [1.54, 1.807) is 0 Å². The molecule has 0 saturated heterocycles. The Labute approximate surface area is 416 Å². The van der Waals surface area contributed by atoms with Crippen LogP contribution in [0.4, 0.5) is 0 Å². The molecule has 0 heteroatoms. The fourth-order valence-electron chi connectivity index (χ4n) is 13.2. The van der Waals surface area contributed by atoms with Crippen LogP contribution in [0.25, 0.3) is 131 Å². The van der Waals surface area contributed by atoms with Gasteiger partial charge in [-0.3, -0.25) is 0 Å². The molecule has 0 aromatic heterocycles. The van der Waals surface area contributed by atoms with Crippen molar-refractivity contribution < 1.29 is 0 Å². The Morgan fingerprint density at radius 1 is 0.268 bits per heavy atom. The average Bonchev–Trinajstić information content (AvgIpc) is 3.97. The zero-order valence-corrected chi connectivity index (χ0v) is 42.0. The molecular weight excluding hydrogens is 853 g/mol. The van der Waals surface area contributed by atoms with Gasteiger partial charge in [-0.15, -0.1) is 0 Å². The smallest absolute Gasteiger partial charge is 0.0159 e. The maximum absolute atomic E-state index is 2.57. The second-order valence-electron chi connectivity index (χ2n) is 23.1. The average molecular weight is 909 g/mol. The van der Waals surface area contributed by atoms with E-state index in [0.717, 1.165) is 0 Å². The second-order valence-corrected chi connectivity index (χ2v) is 23.1. The summed E-state index contributed by atoms with van der Waals surface area (Å²) in [5.41, 5.74) is 18.4. The van der Waals surface area contributed by atoms with Crippen molar-refractivity contribution in [3.63, 3.8) is 0 Å².